The molecule has 0 aromatic heterocycles. The van der Waals surface area contributed by atoms with Crippen LogP contribution in [0.15, 0.2) is 22.7 Å². The molecular formula is C10H11BrClNO2S. The van der Waals surface area contributed by atoms with E-state index < -0.39 is 10.8 Å². The van der Waals surface area contributed by atoms with Crippen molar-refractivity contribution < 1.29 is 9.00 Å². The Morgan fingerprint density at radius 3 is 2.81 bits per heavy atom. The van der Waals surface area contributed by atoms with Crippen LogP contribution in [0.3, 0.4) is 0 Å². The van der Waals surface area contributed by atoms with Gasteiger partial charge in [-0.15, -0.1) is 0 Å². The number of amides is 1. The van der Waals surface area contributed by atoms with Gasteiger partial charge in [-0.25, -0.2) is 0 Å². The van der Waals surface area contributed by atoms with Gasteiger partial charge in [0.05, 0.1) is 5.02 Å². The van der Waals surface area contributed by atoms with E-state index >= 15 is 0 Å². The topological polar surface area (TPSA) is 46.2 Å². The van der Waals surface area contributed by atoms with Crippen LogP contribution in [0.5, 0.6) is 0 Å². The van der Waals surface area contributed by atoms with Crippen molar-refractivity contribution in [3.05, 3.63) is 33.3 Å². The second-order valence-corrected chi connectivity index (χ2v) is 5.98. The van der Waals surface area contributed by atoms with E-state index in [1.54, 1.807) is 24.5 Å². The van der Waals surface area contributed by atoms with Crippen LogP contribution in [-0.2, 0) is 10.8 Å². The Kier molecular flexibility index (Phi) is 5.44. The monoisotopic (exact) mass is 323 g/mol. The van der Waals surface area contributed by atoms with Gasteiger partial charge in [-0.2, -0.15) is 0 Å². The fourth-order valence-electron chi connectivity index (χ4n) is 1.05. The molecule has 1 aromatic rings. The molecular weight excluding hydrogens is 314 g/mol. The Balaban J connectivity index is 2.59. The van der Waals surface area contributed by atoms with Gasteiger partial charge in [-0.3, -0.25) is 9.00 Å². The molecule has 6 heteroatoms. The first kappa shape index (κ1) is 13.7. The molecule has 88 valence electrons. The summed E-state index contributed by atoms with van der Waals surface area (Å²) >= 11 is 9.06. The molecule has 0 aliphatic carbocycles. The molecule has 0 aliphatic heterocycles. The standard InChI is InChI=1S/C10H11BrClNO2S/c1-16(15)5-4-13-10(14)7-2-3-9(12)8(11)6-7/h2-3,6H,4-5H2,1H3,(H,13,14). The summed E-state index contributed by atoms with van der Waals surface area (Å²) in [5.74, 6) is 0.267. The van der Waals surface area contributed by atoms with Crippen molar-refractivity contribution in [2.75, 3.05) is 18.6 Å². The Hall–Kier alpha value is -0.390. The minimum Gasteiger partial charge on any atom is -0.351 e. The third kappa shape index (κ3) is 4.23. The van der Waals surface area contributed by atoms with E-state index in [4.69, 9.17) is 11.6 Å². The fraction of sp³-hybridized carbons (Fsp3) is 0.300. The van der Waals surface area contributed by atoms with E-state index in [1.807, 2.05) is 0 Å². The summed E-state index contributed by atoms with van der Waals surface area (Å²) in [4.78, 5) is 11.6. The van der Waals surface area contributed by atoms with Crippen molar-refractivity contribution >= 4 is 44.2 Å². The summed E-state index contributed by atoms with van der Waals surface area (Å²) in [5.41, 5.74) is 0.526. The summed E-state index contributed by atoms with van der Waals surface area (Å²) in [6.07, 6.45) is 1.60. The Morgan fingerprint density at radius 1 is 1.56 bits per heavy atom. The first-order valence-electron chi connectivity index (χ1n) is 4.54. The Morgan fingerprint density at radius 2 is 2.25 bits per heavy atom. The van der Waals surface area contributed by atoms with Crippen LogP contribution >= 0.6 is 27.5 Å². The van der Waals surface area contributed by atoms with Crippen molar-refractivity contribution in [2.24, 2.45) is 0 Å². The van der Waals surface area contributed by atoms with Gasteiger partial charge in [0.1, 0.15) is 0 Å². The molecule has 1 aromatic carbocycles. The average molecular weight is 325 g/mol. The highest BCUT2D eigenvalue weighted by molar-refractivity contribution is 9.10. The lowest BCUT2D eigenvalue weighted by Crippen LogP contribution is -2.27. The molecule has 0 aliphatic rings. The lowest BCUT2D eigenvalue weighted by Gasteiger charge is -2.05. The van der Waals surface area contributed by atoms with Crippen molar-refractivity contribution in [2.45, 2.75) is 0 Å². The zero-order valence-electron chi connectivity index (χ0n) is 8.63. The van der Waals surface area contributed by atoms with Crippen LogP contribution in [0, 0.1) is 0 Å². The lowest BCUT2D eigenvalue weighted by atomic mass is 10.2. The van der Waals surface area contributed by atoms with Crippen LogP contribution in [0.4, 0.5) is 0 Å². The quantitative estimate of drug-likeness (QED) is 0.923. The van der Waals surface area contributed by atoms with E-state index in [0.29, 0.717) is 27.4 Å². The van der Waals surface area contributed by atoms with Gasteiger partial charge in [0, 0.05) is 39.4 Å². The minimum atomic E-state index is -0.892. The van der Waals surface area contributed by atoms with Crippen LogP contribution in [0.2, 0.25) is 5.02 Å². The summed E-state index contributed by atoms with van der Waals surface area (Å²) in [6.45, 7) is 0.405. The fourth-order valence-corrected chi connectivity index (χ4v) is 1.93. The van der Waals surface area contributed by atoms with E-state index in [1.165, 1.54) is 0 Å². The van der Waals surface area contributed by atoms with Crippen LogP contribution < -0.4 is 5.32 Å². The van der Waals surface area contributed by atoms with Crippen molar-refractivity contribution in [1.29, 1.82) is 0 Å². The van der Waals surface area contributed by atoms with Gasteiger partial charge in [-0.1, -0.05) is 11.6 Å². The maximum Gasteiger partial charge on any atom is 0.251 e. The predicted octanol–water partition coefficient (Wildman–Crippen LogP) is 2.21. The van der Waals surface area contributed by atoms with Gasteiger partial charge in [0.25, 0.3) is 5.91 Å². The highest BCUT2D eigenvalue weighted by atomic mass is 79.9. The van der Waals surface area contributed by atoms with Crippen LogP contribution in [-0.4, -0.2) is 28.7 Å². The number of carbonyl (C=O) groups is 1. The van der Waals surface area contributed by atoms with Crippen LogP contribution in [0.25, 0.3) is 0 Å². The molecule has 0 fully saturated rings. The van der Waals surface area contributed by atoms with E-state index in [0.717, 1.165) is 0 Å². The molecule has 1 atom stereocenters. The maximum atomic E-state index is 11.6. The van der Waals surface area contributed by atoms with Gasteiger partial charge in [0.2, 0.25) is 0 Å². The Bertz CT molecular complexity index is 425. The molecule has 1 rings (SSSR count). The molecule has 1 N–H and O–H groups in total. The average Bonchev–Trinajstić information content (AvgIpc) is 2.21. The van der Waals surface area contributed by atoms with Crippen molar-refractivity contribution in [3.63, 3.8) is 0 Å². The van der Waals surface area contributed by atoms with Gasteiger partial charge in [0.15, 0.2) is 0 Å². The number of benzene rings is 1. The third-order valence-electron chi connectivity index (χ3n) is 1.86. The molecule has 0 saturated carbocycles. The summed E-state index contributed by atoms with van der Waals surface area (Å²) in [6, 6.07) is 4.95. The number of hydrogen-bond donors (Lipinski definition) is 1. The summed E-state index contributed by atoms with van der Waals surface area (Å²) in [5, 5.41) is 3.24. The highest BCUT2D eigenvalue weighted by Crippen LogP contribution is 2.23. The molecule has 0 heterocycles. The van der Waals surface area contributed by atoms with Crippen molar-refractivity contribution in [1.82, 2.24) is 5.32 Å². The number of carbonyl (C=O) groups excluding carboxylic acids is 1. The smallest absolute Gasteiger partial charge is 0.251 e. The molecule has 3 nitrogen and oxygen atoms in total. The van der Waals surface area contributed by atoms with E-state index in [-0.39, 0.29) is 5.91 Å². The van der Waals surface area contributed by atoms with Gasteiger partial charge >= 0.3 is 0 Å². The Labute approximate surface area is 110 Å². The first-order valence-corrected chi connectivity index (χ1v) is 7.44. The zero-order valence-corrected chi connectivity index (χ0v) is 11.8. The third-order valence-corrected chi connectivity index (χ3v) is 3.85. The van der Waals surface area contributed by atoms with Crippen LogP contribution in [0.1, 0.15) is 10.4 Å². The maximum absolute atomic E-state index is 11.6. The molecule has 0 saturated heterocycles. The van der Waals surface area contributed by atoms with E-state index in [9.17, 15) is 9.00 Å². The number of hydrogen-bond acceptors (Lipinski definition) is 2. The zero-order chi connectivity index (χ0) is 12.1. The predicted molar refractivity (Wildman–Crippen MR) is 70.4 cm³/mol. The summed E-state index contributed by atoms with van der Waals surface area (Å²) < 4.78 is 11.5. The molecule has 0 spiro atoms. The normalized spacial score (nSPS) is 12.2. The number of nitrogens with one attached hydrogen (secondary N) is 1. The molecule has 0 radical (unpaired) electrons. The van der Waals surface area contributed by atoms with Crippen molar-refractivity contribution in [3.8, 4) is 0 Å². The van der Waals surface area contributed by atoms with Gasteiger partial charge < -0.3 is 5.32 Å². The lowest BCUT2D eigenvalue weighted by molar-refractivity contribution is 0.0956. The minimum absolute atomic E-state index is 0.192. The highest BCUT2D eigenvalue weighted by Gasteiger charge is 2.07. The second-order valence-electron chi connectivity index (χ2n) is 3.16. The largest absolute Gasteiger partial charge is 0.351 e. The number of rotatable bonds is 4. The van der Waals surface area contributed by atoms with Gasteiger partial charge in [-0.05, 0) is 34.1 Å². The molecule has 0 bridgehead atoms. The summed E-state index contributed by atoms with van der Waals surface area (Å²) in [7, 11) is -0.892. The molecule has 1 unspecified atom stereocenters. The number of halogens is 2. The molecule has 1 amide bonds. The SMILES string of the molecule is CS(=O)CCNC(=O)c1ccc(Cl)c(Br)c1. The molecule has 16 heavy (non-hydrogen) atoms. The van der Waals surface area contributed by atoms with E-state index in [2.05, 4.69) is 21.2 Å². The second kappa shape index (κ2) is 6.37. The first-order chi connectivity index (χ1) is 7.50.